The number of ketones is 1. The molecule has 1 fully saturated rings. The molecular weight excluding hydrogens is 226 g/mol. The third-order valence-electron chi connectivity index (χ3n) is 4.00. The average Bonchev–Trinajstić information content (AvgIpc) is 2.71. The average molecular weight is 249 g/mol. The van der Waals surface area contributed by atoms with Crippen LogP contribution in [0.1, 0.15) is 38.1 Å². The van der Waals surface area contributed by atoms with Gasteiger partial charge in [0.1, 0.15) is 5.78 Å². The SMILES string of the molecule is CCc1cc(CC(=O)C2(C)CCCNC2)n(C)n1. The van der Waals surface area contributed by atoms with E-state index in [2.05, 4.69) is 30.3 Å². The standard InChI is InChI=1S/C14H23N3O/c1-4-11-8-12(17(3)16-11)9-13(18)14(2)6-5-7-15-10-14/h8,15H,4-7,9-10H2,1-3H3. The second-order valence-corrected chi connectivity index (χ2v) is 5.55. The minimum atomic E-state index is -0.200. The molecule has 2 rings (SSSR count). The molecule has 4 heteroatoms. The Morgan fingerprint density at radius 3 is 2.94 bits per heavy atom. The van der Waals surface area contributed by atoms with E-state index < -0.39 is 0 Å². The first kappa shape index (κ1) is 13.3. The van der Waals surface area contributed by atoms with Gasteiger partial charge in [-0.3, -0.25) is 9.48 Å². The molecule has 0 aromatic carbocycles. The van der Waals surface area contributed by atoms with Crippen molar-refractivity contribution < 1.29 is 4.79 Å². The van der Waals surface area contributed by atoms with Crippen molar-refractivity contribution in [2.45, 2.75) is 39.5 Å². The van der Waals surface area contributed by atoms with E-state index in [0.717, 1.165) is 43.7 Å². The highest BCUT2D eigenvalue weighted by molar-refractivity contribution is 5.86. The molecule has 0 radical (unpaired) electrons. The molecule has 0 saturated carbocycles. The van der Waals surface area contributed by atoms with E-state index in [-0.39, 0.29) is 5.41 Å². The minimum Gasteiger partial charge on any atom is -0.316 e. The summed E-state index contributed by atoms with van der Waals surface area (Å²) in [5, 5.41) is 7.73. The quantitative estimate of drug-likeness (QED) is 0.879. The summed E-state index contributed by atoms with van der Waals surface area (Å²) in [6, 6.07) is 2.05. The highest BCUT2D eigenvalue weighted by Gasteiger charge is 2.34. The number of nitrogens with one attached hydrogen (secondary N) is 1. The van der Waals surface area contributed by atoms with Gasteiger partial charge in [0.05, 0.1) is 5.69 Å². The molecule has 1 atom stereocenters. The molecular formula is C14H23N3O. The molecule has 0 spiro atoms. The zero-order valence-electron chi connectivity index (χ0n) is 11.6. The van der Waals surface area contributed by atoms with E-state index in [1.807, 2.05) is 11.7 Å². The monoisotopic (exact) mass is 249 g/mol. The van der Waals surface area contributed by atoms with Crippen LogP contribution >= 0.6 is 0 Å². The first-order chi connectivity index (χ1) is 8.55. The van der Waals surface area contributed by atoms with Crippen molar-refractivity contribution in [3.05, 3.63) is 17.5 Å². The lowest BCUT2D eigenvalue weighted by atomic mass is 9.77. The number of nitrogens with zero attached hydrogens (tertiary/aromatic N) is 2. The van der Waals surface area contributed by atoms with Crippen LogP contribution in [0.4, 0.5) is 0 Å². The van der Waals surface area contributed by atoms with Gasteiger partial charge in [-0.05, 0) is 31.9 Å². The number of hydrogen-bond donors (Lipinski definition) is 1. The van der Waals surface area contributed by atoms with Crippen LogP contribution < -0.4 is 5.32 Å². The summed E-state index contributed by atoms with van der Waals surface area (Å²) in [7, 11) is 1.92. The van der Waals surface area contributed by atoms with E-state index in [0.29, 0.717) is 12.2 Å². The number of aryl methyl sites for hydroxylation is 2. The fourth-order valence-corrected chi connectivity index (χ4v) is 2.58. The number of carbonyl (C=O) groups is 1. The van der Waals surface area contributed by atoms with Crippen LogP contribution in [0.3, 0.4) is 0 Å². The number of Topliss-reactive ketones (excluding diaryl/α,β-unsaturated/α-hetero) is 1. The molecule has 0 amide bonds. The largest absolute Gasteiger partial charge is 0.316 e. The zero-order valence-corrected chi connectivity index (χ0v) is 11.6. The molecule has 1 saturated heterocycles. The summed E-state index contributed by atoms with van der Waals surface area (Å²) in [5.41, 5.74) is 1.89. The van der Waals surface area contributed by atoms with Crippen LogP contribution in [0.25, 0.3) is 0 Å². The maximum Gasteiger partial charge on any atom is 0.145 e. The molecule has 100 valence electrons. The first-order valence-corrected chi connectivity index (χ1v) is 6.81. The molecule has 1 unspecified atom stereocenters. The van der Waals surface area contributed by atoms with E-state index in [1.54, 1.807) is 0 Å². The second-order valence-electron chi connectivity index (χ2n) is 5.55. The highest BCUT2D eigenvalue weighted by Crippen LogP contribution is 2.28. The van der Waals surface area contributed by atoms with Crippen molar-refractivity contribution in [2.75, 3.05) is 13.1 Å². The Kier molecular flexibility index (Phi) is 3.85. The summed E-state index contributed by atoms with van der Waals surface area (Å²) >= 11 is 0. The van der Waals surface area contributed by atoms with Gasteiger partial charge in [-0.15, -0.1) is 0 Å². The normalized spacial score (nSPS) is 24.2. The van der Waals surface area contributed by atoms with E-state index in [4.69, 9.17) is 0 Å². The van der Waals surface area contributed by atoms with Gasteiger partial charge in [0.15, 0.2) is 0 Å². The van der Waals surface area contributed by atoms with E-state index in [1.165, 1.54) is 0 Å². The van der Waals surface area contributed by atoms with Crippen LogP contribution in [-0.4, -0.2) is 28.7 Å². The van der Waals surface area contributed by atoms with E-state index >= 15 is 0 Å². The molecule has 1 aromatic rings. The zero-order chi connectivity index (χ0) is 13.2. The topological polar surface area (TPSA) is 46.9 Å². The van der Waals surface area contributed by atoms with Crippen LogP contribution in [0.2, 0.25) is 0 Å². The van der Waals surface area contributed by atoms with Gasteiger partial charge >= 0.3 is 0 Å². The van der Waals surface area contributed by atoms with Crippen molar-refractivity contribution in [1.82, 2.24) is 15.1 Å². The highest BCUT2D eigenvalue weighted by atomic mass is 16.1. The summed E-state index contributed by atoms with van der Waals surface area (Å²) < 4.78 is 1.84. The summed E-state index contributed by atoms with van der Waals surface area (Å²) in [4.78, 5) is 12.5. The Hall–Kier alpha value is -1.16. The Bertz CT molecular complexity index is 430. The Labute approximate surface area is 109 Å². The van der Waals surface area contributed by atoms with E-state index in [9.17, 15) is 4.79 Å². The predicted octanol–water partition coefficient (Wildman–Crippen LogP) is 1.48. The number of carbonyl (C=O) groups excluding carboxylic acids is 1. The van der Waals surface area contributed by atoms with Gasteiger partial charge in [-0.1, -0.05) is 13.8 Å². The molecule has 2 heterocycles. The van der Waals surface area contributed by atoms with Gasteiger partial charge < -0.3 is 5.32 Å². The third kappa shape index (κ3) is 2.64. The van der Waals surface area contributed by atoms with Crippen molar-refractivity contribution in [1.29, 1.82) is 0 Å². The van der Waals surface area contributed by atoms with Crippen LogP contribution in [0, 0.1) is 5.41 Å². The number of piperidine rings is 1. The van der Waals surface area contributed by atoms with Gasteiger partial charge in [0.2, 0.25) is 0 Å². The summed E-state index contributed by atoms with van der Waals surface area (Å²) in [6.07, 6.45) is 3.51. The Balaban J connectivity index is 2.08. The third-order valence-corrected chi connectivity index (χ3v) is 4.00. The van der Waals surface area contributed by atoms with Crippen molar-refractivity contribution in [3.63, 3.8) is 0 Å². The smallest absolute Gasteiger partial charge is 0.145 e. The Morgan fingerprint density at radius 2 is 2.39 bits per heavy atom. The van der Waals surface area contributed by atoms with Crippen molar-refractivity contribution >= 4 is 5.78 Å². The maximum atomic E-state index is 12.5. The minimum absolute atomic E-state index is 0.200. The van der Waals surface area contributed by atoms with Crippen molar-refractivity contribution in [2.24, 2.45) is 12.5 Å². The van der Waals surface area contributed by atoms with Crippen LogP contribution in [0.15, 0.2) is 6.07 Å². The molecule has 1 N–H and O–H groups in total. The van der Waals surface area contributed by atoms with Gasteiger partial charge in [-0.25, -0.2) is 0 Å². The first-order valence-electron chi connectivity index (χ1n) is 6.81. The van der Waals surface area contributed by atoms with Crippen LogP contribution in [-0.2, 0) is 24.7 Å². The molecule has 0 bridgehead atoms. The predicted molar refractivity (Wildman–Crippen MR) is 71.5 cm³/mol. The van der Waals surface area contributed by atoms with Crippen molar-refractivity contribution in [3.8, 4) is 0 Å². The summed E-state index contributed by atoms with van der Waals surface area (Å²) in [6.45, 7) is 6.01. The maximum absolute atomic E-state index is 12.5. The molecule has 4 nitrogen and oxygen atoms in total. The lowest BCUT2D eigenvalue weighted by molar-refractivity contribution is -0.128. The molecule has 1 aliphatic heterocycles. The number of aromatic nitrogens is 2. The summed E-state index contributed by atoms with van der Waals surface area (Å²) in [5.74, 6) is 0.334. The number of rotatable bonds is 4. The fraction of sp³-hybridized carbons (Fsp3) is 0.714. The molecule has 18 heavy (non-hydrogen) atoms. The number of hydrogen-bond acceptors (Lipinski definition) is 3. The lowest BCUT2D eigenvalue weighted by Gasteiger charge is -2.32. The van der Waals surface area contributed by atoms with Crippen LogP contribution in [0.5, 0.6) is 0 Å². The molecule has 1 aliphatic rings. The van der Waals surface area contributed by atoms with Gasteiger partial charge in [0, 0.05) is 31.1 Å². The Morgan fingerprint density at radius 1 is 1.61 bits per heavy atom. The lowest BCUT2D eigenvalue weighted by Crippen LogP contribution is -2.44. The fourth-order valence-electron chi connectivity index (χ4n) is 2.58. The molecule has 1 aromatic heterocycles. The van der Waals surface area contributed by atoms with Gasteiger partial charge in [-0.2, -0.15) is 5.10 Å². The second kappa shape index (κ2) is 5.22. The van der Waals surface area contributed by atoms with Gasteiger partial charge in [0.25, 0.3) is 0 Å². The molecule has 0 aliphatic carbocycles.